The summed E-state index contributed by atoms with van der Waals surface area (Å²) in [4.78, 5) is 0. The van der Waals surface area contributed by atoms with E-state index in [-0.39, 0.29) is 0 Å². The highest BCUT2D eigenvalue weighted by molar-refractivity contribution is 6.42. The van der Waals surface area contributed by atoms with Crippen molar-refractivity contribution in [2.75, 3.05) is 0 Å². The van der Waals surface area contributed by atoms with Crippen LogP contribution < -0.4 is 0 Å². The standard InChI is InChI=1S/C5H8Si/c1-2-4-6-5-3-1/h2,4H,1,3,5H2. The van der Waals surface area contributed by atoms with Crippen LogP contribution in [0.4, 0.5) is 0 Å². The van der Waals surface area contributed by atoms with Crippen molar-refractivity contribution in [3.05, 3.63) is 11.8 Å². The first-order chi connectivity index (χ1) is 3.00. The van der Waals surface area contributed by atoms with Crippen molar-refractivity contribution in [2.24, 2.45) is 0 Å². The molecule has 0 bridgehead atoms. The minimum Gasteiger partial charge on any atom is -0.103 e. The van der Waals surface area contributed by atoms with E-state index < -0.39 is 0 Å². The van der Waals surface area contributed by atoms with Gasteiger partial charge in [0.15, 0.2) is 0 Å². The molecule has 0 amide bonds. The summed E-state index contributed by atoms with van der Waals surface area (Å²) < 4.78 is 0. The van der Waals surface area contributed by atoms with E-state index in [2.05, 4.69) is 11.8 Å². The van der Waals surface area contributed by atoms with Gasteiger partial charge in [0.25, 0.3) is 0 Å². The molecule has 32 valence electrons. The Morgan fingerprint density at radius 2 is 2.50 bits per heavy atom. The summed E-state index contributed by atoms with van der Waals surface area (Å²) in [6, 6.07) is 1.44. The molecule has 0 saturated carbocycles. The molecule has 0 nitrogen and oxygen atoms in total. The Kier molecular flexibility index (Phi) is 1.50. The van der Waals surface area contributed by atoms with Crippen LogP contribution in [0.25, 0.3) is 0 Å². The fourth-order valence-corrected chi connectivity index (χ4v) is 1.48. The van der Waals surface area contributed by atoms with E-state index >= 15 is 0 Å². The second-order valence-corrected chi connectivity index (χ2v) is 2.74. The van der Waals surface area contributed by atoms with Gasteiger partial charge >= 0.3 is 0 Å². The minimum absolute atomic E-state index is 1.12. The molecule has 0 fully saturated rings. The lowest BCUT2D eigenvalue weighted by atomic mass is 10.3. The van der Waals surface area contributed by atoms with Crippen molar-refractivity contribution in [1.29, 1.82) is 0 Å². The lowest BCUT2D eigenvalue weighted by molar-refractivity contribution is 0.940. The molecule has 0 unspecified atom stereocenters. The number of hydrogen-bond acceptors (Lipinski definition) is 0. The first kappa shape index (κ1) is 4.12. The van der Waals surface area contributed by atoms with E-state index in [1.165, 1.54) is 18.9 Å². The molecule has 1 heterocycles. The van der Waals surface area contributed by atoms with Gasteiger partial charge in [-0.3, -0.25) is 0 Å². The van der Waals surface area contributed by atoms with Gasteiger partial charge in [-0.05, 0) is 6.42 Å². The fraction of sp³-hybridized carbons (Fsp3) is 0.600. The lowest BCUT2D eigenvalue weighted by Gasteiger charge is -1.96. The summed E-state index contributed by atoms with van der Waals surface area (Å²) in [5.41, 5.74) is 2.30. The maximum atomic E-state index is 2.30. The van der Waals surface area contributed by atoms with Crippen molar-refractivity contribution >= 4 is 9.52 Å². The molecule has 0 atom stereocenters. The fourth-order valence-electron chi connectivity index (χ4n) is 0.572. The maximum Gasteiger partial charge on any atom is 0.0698 e. The summed E-state index contributed by atoms with van der Waals surface area (Å²) in [5, 5.41) is 0. The first-order valence-corrected chi connectivity index (χ1v) is 3.67. The van der Waals surface area contributed by atoms with Gasteiger partial charge in [-0.25, -0.2) is 0 Å². The van der Waals surface area contributed by atoms with Crippen molar-refractivity contribution in [1.82, 2.24) is 0 Å². The van der Waals surface area contributed by atoms with Crippen LogP contribution >= 0.6 is 0 Å². The number of allylic oxidation sites excluding steroid dienone is 1. The van der Waals surface area contributed by atoms with Crippen molar-refractivity contribution < 1.29 is 0 Å². The summed E-state index contributed by atoms with van der Waals surface area (Å²) in [6.07, 6.45) is 5.03. The zero-order valence-corrected chi connectivity index (χ0v) is 4.78. The molecule has 0 aromatic carbocycles. The van der Waals surface area contributed by atoms with E-state index in [0.29, 0.717) is 0 Å². The van der Waals surface area contributed by atoms with Gasteiger partial charge < -0.3 is 0 Å². The third-order valence-electron chi connectivity index (χ3n) is 0.928. The quantitative estimate of drug-likeness (QED) is 0.400. The Bertz CT molecular complexity index is 49.0. The van der Waals surface area contributed by atoms with Crippen molar-refractivity contribution in [3.8, 4) is 0 Å². The molecule has 1 aliphatic heterocycles. The molecule has 2 radical (unpaired) electrons. The highest BCUT2D eigenvalue weighted by Crippen LogP contribution is 2.01. The average Bonchev–Trinajstić information content (AvgIpc) is 1.72. The van der Waals surface area contributed by atoms with Crippen LogP contribution in [0.2, 0.25) is 6.04 Å². The Labute approximate surface area is 41.1 Å². The van der Waals surface area contributed by atoms with Gasteiger partial charge in [-0.15, -0.1) is 5.70 Å². The largest absolute Gasteiger partial charge is 0.103 e. The lowest BCUT2D eigenvalue weighted by Crippen LogP contribution is -1.88. The average molecular weight is 96.2 g/mol. The maximum absolute atomic E-state index is 2.30. The van der Waals surface area contributed by atoms with Crippen LogP contribution in [-0.2, 0) is 0 Å². The van der Waals surface area contributed by atoms with Gasteiger partial charge in [0.2, 0.25) is 0 Å². The van der Waals surface area contributed by atoms with Gasteiger partial charge in [0.05, 0.1) is 9.52 Å². The van der Waals surface area contributed by atoms with Crippen LogP contribution in [0.5, 0.6) is 0 Å². The van der Waals surface area contributed by atoms with Gasteiger partial charge in [0.1, 0.15) is 0 Å². The third-order valence-corrected chi connectivity index (χ3v) is 2.04. The summed E-state index contributed by atoms with van der Waals surface area (Å²) >= 11 is 0. The zero-order valence-electron chi connectivity index (χ0n) is 3.78. The Morgan fingerprint density at radius 3 is 2.67 bits per heavy atom. The molecule has 0 aromatic heterocycles. The highest BCUT2D eigenvalue weighted by atomic mass is 28.2. The molecule has 1 heteroatoms. The molecular weight excluding hydrogens is 88.1 g/mol. The summed E-state index contributed by atoms with van der Waals surface area (Å²) in [5.74, 6) is 0. The SMILES string of the molecule is C1=C[Si]CCC1. The second-order valence-electron chi connectivity index (χ2n) is 1.50. The van der Waals surface area contributed by atoms with E-state index in [1.54, 1.807) is 0 Å². The van der Waals surface area contributed by atoms with Gasteiger partial charge in [0, 0.05) is 0 Å². The summed E-state index contributed by atoms with van der Waals surface area (Å²) in [6.45, 7) is 0. The molecule has 0 saturated heterocycles. The van der Waals surface area contributed by atoms with Crippen molar-refractivity contribution in [3.63, 3.8) is 0 Å². The van der Waals surface area contributed by atoms with Crippen molar-refractivity contribution in [2.45, 2.75) is 18.9 Å². The monoisotopic (exact) mass is 96.0 g/mol. The van der Waals surface area contributed by atoms with E-state index in [9.17, 15) is 0 Å². The normalized spacial score (nSPS) is 21.3. The Morgan fingerprint density at radius 1 is 1.50 bits per heavy atom. The highest BCUT2D eigenvalue weighted by Gasteiger charge is 1.88. The zero-order chi connectivity index (χ0) is 4.24. The van der Waals surface area contributed by atoms with E-state index in [1.807, 2.05) is 0 Å². The van der Waals surface area contributed by atoms with Crippen LogP contribution in [0.1, 0.15) is 12.8 Å². The Balaban J connectivity index is 2.26. The van der Waals surface area contributed by atoms with E-state index in [4.69, 9.17) is 0 Å². The topological polar surface area (TPSA) is 0 Å². The molecule has 0 aromatic rings. The van der Waals surface area contributed by atoms with Gasteiger partial charge in [-0.2, -0.15) is 0 Å². The minimum atomic E-state index is 1.12. The van der Waals surface area contributed by atoms with Gasteiger partial charge in [-0.1, -0.05) is 18.5 Å². The molecular formula is C5H8Si. The van der Waals surface area contributed by atoms with Crippen LogP contribution in [0, 0.1) is 0 Å². The first-order valence-electron chi connectivity index (χ1n) is 2.38. The molecule has 1 rings (SSSR count). The van der Waals surface area contributed by atoms with E-state index in [0.717, 1.165) is 9.52 Å². The predicted octanol–water partition coefficient (Wildman–Crippen LogP) is 1.42. The third kappa shape index (κ3) is 0.975. The number of rotatable bonds is 0. The van der Waals surface area contributed by atoms with Crippen LogP contribution in [-0.4, -0.2) is 9.52 Å². The molecule has 0 N–H and O–H groups in total. The predicted molar refractivity (Wildman–Crippen MR) is 28.9 cm³/mol. The molecule has 1 aliphatic rings. The molecule has 0 aliphatic carbocycles. The molecule has 6 heavy (non-hydrogen) atoms. The van der Waals surface area contributed by atoms with Crippen LogP contribution in [0.3, 0.4) is 0 Å². The second kappa shape index (κ2) is 2.19. The molecule has 0 spiro atoms. The Hall–Kier alpha value is -0.0431. The smallest absolute Gasteiger partial charge is 0.0698 e. The summed E-state index contributed by atoms with van der Waals surface area (Å²) in [7, 11) is 1.12. The number of hydrogen-bond donors (Lipinski definition) is 0. The van der Waals surface area contributed by atoms with Crippen LogP contribution in [0.15, 0.2) is 11.8 Å².